The minimum Gasteiger partial charge on any atom is -0.481 e. The molecule has 0 aromatic heterocycles. The summed E-state index contributed by atoms with van der Waals surface area (Å²) in [5.41, 5.74) is 6.44. The van der Waals surface area contributed by atoms with Gasteiger partial charge in [-0.3, -0.25) is 9.59 Å². The third-order valence-corrected chi connectivity index (χ3v) is 3.02. The number of nitrogens with zero attached hydrogens (tertiary/aromatic N) is 1. The molecular formula is C13H11NO5. The molecule has 0 radical (unpaired) electrons. The maximum atomic E-state index is 12.1. The third-order valence-electron chi connectivity index (χ3n) is 3.02. The molecule has 1 unspecified atom stereocenters. The van der Waals surface area contributed by atoms with Crippen LogP contribution in [0.5, 0.6) is 0 Å². The Morgan fingerprint density at radius 1 is 1.32 bits per heavy atom. The molecule has 2 rings (SSSR count). The molecule has 1 heterocycles. The van der Waals surface area contributed by atoms with E-state index in [1.807, 2.05) is 0 Å². The summed E-state index contributed by atoms with van der Waals surface area (Å²) in [6, 6.07) is -1.13. The molecule has 1 aliphatic heterocycles. The normalized spacial score (nSPS) is 17.9. The van der Waals surface area contributed by atoms with E-state index in [1.165, 1.54) is 11.0 Å². The van der Waals surface area contributed by atoms with E-state index in [0.29, 0.717) is 11.1 Å². The quantitative estimate of drug-likeness (QED) is 0.695. The molecule has 98 valence electrons. The van der Waals surface area contributed by atoms with Crippen molar-refractivity contribution in [2.75, 3.05) is 6.54 Å². The van der Waals surface area contributed by atoms with Gasteiger partial charge in [-0.1, -0.05) is 11.5 Å². The Morgan fingerprint density at radius 3 is 2.58 bits per heavy atom. The van der Waals surface area contributed by atoms with Crippen molar-refractivity contribution < 1.29 is 24.6 Å². The van der Waals surface area contributed by atoms with Gasteiger partial charge in [0.1, 0.15) is 6.04 Å². The SMILES string of the molecule is O=C(O)CCC(C(=O)O)N1CC2=C(C=C=C=C2)C1=O. The summed E-state index contributed by atoms with van der Waals surface area (Å²) in [7, 11) is 0. The van der Waals surface area contributed by atoms with Gasteiger partial charge in [-0.25, -0.2) is 4.79 Å². The van der Waals surface area contributed by atoms with Gasteiger partial charge in [0.25, 0.3) is 5.91 Å². The Balaban J connectivity index is 2.15. The average Bonchev–Trinajstić information content (AvgIpc) is 2.67. The Hall–Kier alpha value is -2.55. The maximum Gasteiger partial charge on any atom is 0.326 e. The highest BCUT2D eigenvalue weighted by Crippen LogP contribution is 2.25. The first-order valence-corrected chi connectivity index (χ1v) is 5.67. The van der Waals surface area contributed by atoms with E-state index >= 15 is 0 Å². The van der Waals surface area contributed by atoms with Crippen molar-refractivity contribution in [1.29, 1.82) is 0 Å². The lowest BCUT2D eigenvalue weighted by molar-refractivity contribution is -0.148. The van der Waals surface area contributed by atoms with Gasteiger partial charge in [-0.05, 0) is 18.1 Å². The van der Waals surface area contributed by atoms with E-state index in [9.17, 15) is 14.4 Å². The fourth-order valence-corrected chi connectivity index (χ4v) is 2.08. The zero-order chi connectivity index (χ0) is 14.0. The van der Waals surface area contributed by atoms with Crippen LogP contribution in [0.1, 0.15) is 12.8 Å². The largest absolute Gasteiger partial charge is 0.481 e. The second-order valence-electron chi connectivity index (χ2n) is 4.24. The molecule has 0 aromatic rings. The smallest absolute Gasteiger partial charge is 0.326 e. The molecule has 19 heavy (non-hydrogen) atoms. The summed E-state index contributed by atoms with van der Waals surface area (Å²) in [6.07, 6.45) is 2.64. The van der Waals surface area contributed by atoms with E-state index < -0.39 is 23.9 Å². The Kier molecular flexibility index (Phi) is 3.38. The summed E-state index contributed by atoms with van der Waals surface area (Å²) < 4.78 is 0. The number of hydrogen-bond donors (Lipinski definition) is 2. The molecule has 0 bridgehead atoms. The first-order chi connectivity index (χ1) is 9.00. The van der Waals surface area contributed by atoms with Crippen molar-refractivity contribution >= 4 is 17.8 Å². The lowest BCUT2D eigenvalue weighted by atomic mass is 10.1. The first kappa shape index (κ1) is 12.9. The van der Waals surface area contributed by atoms with Gasteiger partial charge in [-0.2, -0.15) is 0 Å². The van der Waals surface area contributed by atoms with Gasteiger partial charge in [0, 0.05) is 19.0 Å². The summed E-state index contributed by atoms with van der Waals surface area (Å²) in [4.78, 5) is 35.0. The van der Waals surface area contributed by atoms with Gasteiger partial charge < -0.3 is 15.1 Å². The Bertz CT molecular complexity index is 588. The molecule has 0 saturated heterocycles. The predicted octanol–water partition coefficient (Wildman–Crippen LogP) is 0.323. The van der Waals surface area contributed by atoms with Crippen LogP contribution in [0.2, 0.25) is 0 Å². The summed E-state index contributed by atoms with van der Waals surface area (Å²) in [5.74, 6) is -2.69. The molecule has 2 aliphatic rings. The zero-order valence-electron chi connectivity index (χ0n) is 9.92. The molecule has 6 heteroatoms. The standard InChI is InChI=1S/C13H11NO5/c15-11(16)6-5-10(13(18)19)14-7-8-3-1-2-4-9(8)12(14)17/h3-4,10H,5-7H2,(H,15,16)(H,18,19). The Morgan fingerprint density at radius 2 is 2.00 bits per heavy atom. The average molecular weight is 261 g/mol. The number of amides is 1. The molecular weight excluding hydrogens is 250 g/mol. The highest BCUT2D eigenvalue weighted by molar-refractivity contribution is 6.02. The van der Waals surface area contributed by atoms with Crippen LogP contribution in [0, 0.1) is 0 Å². The maximum absolute atomic E-state index is 12.1. The number of carboxylic acids is 2. The molecule has 1 atom stereocenters. The van der Waals surface area contributed by atoms with Crippen molar-refractivity contribution in [3.8, 4) is 0 Å². The number of carbonyl (C=O) groups is 3. The molecule has 1 aliphatic carbocycles. The van der Waals surface area contributed by atoms with E-state index in [2.05, 4.69) is 11.5 Å². The summed E-state index contributed by atoms with van der Waals surface area (Å²) in [6.45, 7) is 0.163. The molecule has 0 fully saturated rings. The van der Waals surface area contributed by atoms with Gasteiger partial charge >= 0.3 is 11.9 Å². The van der Waals surface area contributed by atoms with Crippen LogP contribution in [-0.4, -0.2) is 45.5 Å². The molecule has 0 aromatic carbocycles. The summed E-state index contributed by atoms with van der Waals surface area (Å²) >= 11 is 0. The van der Waals surface area contributed by atoms with Crippen LogP contribution < -0.4 is 0 Å². The number of hydrogen-bond acceptors (Lipinski definition) is 3. The molecule has 1 amide bonds. The predicted molar refractivity (Wildman–Crippen MR) is 63.2 cm³/mol. The first-order valence-electron chi connectivity index (χ1n) is 5.67. The van der Waals surface area contributed by atoms with Crippen molar-refractivity contribution in [1.82, 2.24) is 4.90 Å². The van der Waals surface area contributed by atoms with Gasteiger partial charge in [0.2, 0.25) is 0 Å². The number of rotatable bonds is 5. The van der Waals surface area contributed by atoms with Crippen LogP contribution in [0.4, 0.5) is 0 Å². The summed E-state index contributed by atoms with van der Waals surface area (Å²) in [5, 5.41) is 17.8. The third kappa shape index (κ3) is 2.50. The van der Waals surface area contributed by atoms with Crippen molar-refractivity contribution in [3.63, 3.8) is 0 Å². The van der Waals surface area contributed by atoms with Crippen molar-refractivity contribution in [2.24, 2.45) is 0 Å². The lowest BCUT2D eigenvalue weighted by Gasteiger charge is -2.24. The van der Waals surface area contributed by atoms with Crippen LogP contribution in [0.3, 0.4) is 0 Å². The van der Waals surface area contributed by atoms with Gasteiger partial charge in [0.15, 0.2) is 0 Å². The minimum atomic E-state index is -1.20. The van der Waals surface area contributed by atoms with Crippen LogP contribution in [-0.2, 0) is 14.4 Å². The second-order valence-corrected chi connectivity index (χ2v) is 4.24. The number of aliphatic carboxylic acids is 2. The zero-order valence-corrected chi connectivity index (χ0v) is 9.92. The van der Waals surface area contributed by atoms with Crippen LogP contribution in [0.15, 0.2) is 34.8 Å². The molecule has 0 saturated carbocycles. The lowest BCUT2D eigenvalue weighted by Crippen LogP contribution is -2.43. The van der Waals surface area contributed by atoms with Crippen molar-refractivity contribution in [3.05, 3.63) is 34.8 Å². The van der Waals surface area contributed by atoms with E-state index in [-0.39, 0.29) is 19.4 Å². The highest BCUT2D eigenvalue weighted by atomic mass is 16.4. The van der Waals surface area contributed by atoms with Gasteiger partial charge in [-0.15, -0.1) is 0 Å². The van der Waals surface area contributed by atoms with Crippen LogP contribution in [0.25, 0.3) is 0 Å². The van der Waals surface area contributed by atoms with Gasteiger partial charge in [0.05, 0.1) is 5.57 Å². The monoisotopic (exact) mass is 261 g/mol. The van der Waals surface area contributed by atoms with Crippen molar-refractivity contribution in [2.45, 2.75) is 18.9 Å². The Labute approximate surface area is 108 Å². The topological polar surface area (TPSA) is 94.9 Å². The van der Waals surface area contributed by atoms with E-state index in [0.717, 1.165) is 0 Å². The fraction of sp³-hybridized carbons (Fsp3) is 0.308. The number of carbonyl (C=O) groups excluding carboxylic acids is 1. The molecule has 2 N–H and O–H groups in total. The molecule has 0 spiro atoms. The number of carboxylic acid groups (broad SMARTS) is 2. The van der Waals surface area contributed by atoms with Crippen LogP contribution >= 0.6 is 0 Å². The second kappa shape index (κ2) is 4.98. The van der Waals surface area contributed by atoms with E-state index in [4.69, 9.17) is 10.2 Å². The minimum absolute atomic E-state index is 0.113. The highest BCUT2D eigenvalue weighted by Gasteiger charge is 2.37. The van der Waals surface area contributed by atoms with E-state index in [1.54, 1.807) is 6.08 Å². The fourth-order valence-electron chi connectivity index (χ4n) is 2.08. The molecule has 6 nitrogen and oxygen atoms in total.